The summed E-state index contributed by atoms with van der Waals surface area (Å²) in [6.07, 6.45) is 6.87. The van der Waals surface area contributed by atoms with E-state index in [1.165, 1.54) is 0 Å². The van der Waals surface area contributed by atoms with Gasteiger partial charge in [0.25, 0.3) is 5.91 Å². The number of hydrogen-bond acceptors (Lipinski definition) is 5. The largest absolute Gasteiger partial charge is 0.481 e. The van der Waals surface area contributed by atoms with Crippen LogP contribution in [0.1, 0.15) is 64.4 Å². The standard InChI is InChI=1S/C25H33NO5/c1-3-4-7-18-14-23(27)31-22-15-20(9-10-21(18)22)30-17(2)24(28)26-13-12-25(29)11-6-5-8-19(25)16-26/h9-10,14-15,17,19,29H,3-8,11-13,16H2,1-2H3/t17-,19-,25-/m1/s1. The molecule has 2 aliphatic rings. The fourth-order valence-electron chi connectivity index (χ4n) is 5.14. The van der Waals surface area contributed by atoms with Gasteiger partial charge in [-0.25, -0.2) is 4.79 Å². The Morgan fingerprint density at radius 3 is 2.97 bits per heavy atom. The van der Waals surface area contributed by atoms with Gasteiger partial charge < -0.3 is 19.2 Å². The first-order valence-corrected chi connectivity index (χ1v) is 11.6. The van der Waals surface area contributed by atoms with Gasteiger partial charge in [-0.05, 0) is 56.7 Å². The fourth-order valence-corrected chi connectivity index (χ4v) is 5.14. The molecular weight excluding hydrogens is 394 g/mol. The molecule has 1 saturated carbocycles. The molecule has 0 spiro atoms. The zero-order valence-electron chi connectivity index (χ0n) is 18.6. The van der Waals surface area contributed by atoms with Crippen molar-refractivity contribution in [1.82, 2.24) is 4.90 Å². The van der Waals surface area contributed by atoms with Crippen LogP contribution in [0.3, 0.4) is 0 Å². The Balaban J connectivity index is 1.46. The summed E-state index contributed by atoms with van der Waals surface area (Å²) in [5.41, 5.74) is 0.496. The van der Waals surface area contributed by atoms with Crippen LogP contribution in [0.5, 0.6) is 5.75 Å². The number of rotatable bonds is 6. The molecule has 3 atom stereocenters. The maximum atomic E-state index is 13.0. The second kappa shape index (κ2) is 9.03. The first-order valence-electron chi connectivity index (χ1n) is 11.6. The smallest absolute Gasteiger partial charge is 0.336 e. The van der Waals surface area contributed by atoms with Crippen LogP contribution in [0.25, 0.3) is 11.0 Å². The molecule has 1 N–H and O–H groups in total. The van der Waals surface area contributed by atoms with Crippen molar-refractivity contribution in [2.24, 2.45) is 5.92 Å². The summed E-state index contributed by atoms with van der Waals surface area (Å²) >= 11 is 0. The summed E-state index contributed by atoms with van der Waals surface area (Å²) in [4.78, 5) is 26.8. The number of carbonyl (C=O) groups excluding carboxylic acids is 1. The molecule has 6 nitrogen and oxygen atoms in total. The lowest BCUT2D eigenvalue weighted by Gasteiger charge is -2.47. The van der Waals surface area contributed by atoms with Gasteiger partial charge in [0.05, 0.1) is 5.60 Å². The number of piperidine rings is 1. The number of aryl methyl sites for hydroxylation is 1. The number of unbranched alkanes of at least 4 members (excludes halogenated alkanes) is 1. The number of fused-ring (bicyclic) bond motifs is 2. The molecule has 1 saturated heterocycles. The van der Waals surface area contributed by atoms with Gasteiger partial charge in [-0.15, -0.1) is 0 Å². The average Bonchev–Trinajstić information content (AvgIpc) is 2.75. The lowest BCUT2D eigenvalue weighted by Crippen LogP contribution is -2.56. The molecule has 6 heteroatoms. The van der Waals surface area contributed by atoms with Gasteiger partial charge in [-0.1, -0.05) is 26.2 Å². The molecule has 168 valence electrons. The van der Waals surface area contributed by atoms with E-state index >= 15 is 0 Å². The van der Waals surface area contributed by atoms with Crippen molar-refractivity contribution in [3.05, 3.63) is 40.2 Å². The van der Waals surface area contributed by atoms with Crippen LogP contribution in [0.4, 0.5) is 0 Å². The molecule has 1 aromatic carbocycles. The number of benzene rings is 1. The molecule has 31 heavy (non-hydrogen) atoms. The Hall–Kier alpha value is -2.34. The van der Waals surface area contributed by atoms with Crippen molar-refractivity contribution in [2.75, 3.05) is 13.1 Å². The number of hydrogen-bond donors (Lipinski definition) is 1. The van der Waals surface area contributed by atoms with Gasteiger partial charge in [0.15, 0.2) is 6.10 Å². The first kappa shape index (κ1) is 21.9. The number of aliphatic hydroxyl groups is 1. The SMILES string of the molecule is CCCCc1cc(=O)oc2cc(O[C@H](C)C(=O)N3CC[C@]4(O)CCCC[C@@H]4C3)ccc12. The fraction of sp³-hybridized carbons (Fsp3) is 0.600. The van der Waals surface area contributed by atoms with Crippen molar-refractivity contribution in [2.45, 2.75) is 76.9 Å². The van der Waals surface area contributed by atoms with Gasteiger partial charge in [0.1, 0.15) is 11.3 Å². The van der Waals surface area contributed by atoms with Gasteiger partial charge in [0, 0.05) is 36.5 Å². The predicted molar refractivity (Wildman–Crippen MR) is 119 cm³/mol. The molecule has 2 heterocycles. The number of nitrogens with zero attached hydrogens (tertiary/aromatic N) is 1. The molecule has 1 aliphatic carbocycles. The minimum Gasteiger partial charge on any atom is -0.481 e. The van der Waals surface area contributed by atoms with Crippen LogP contribution < -0.4 is 10.4 Å². The van der Waals surface area contributed by atoms with E-state index in [0.717, 1.165) is 55.9 Å². The zero-order valence-corrected chi connectivity index (χ0v) is 18.6. The Kier molecular flexibility index (Phi) is 6.37. The first-order chi connectivity index (χ1) is 14.9. The van der Waals surface area contributed by atoms with E-state index in [1.54, 1.807) is 19.1 Å². The van der Waals surface area contributed by atoms with E-state index in [1.807, 2.05) is 17.0 Å². The van der Waals surface area contributed by atoms with Crippen molar-refractivity contribution >= 4 is 16.9 Å². The van der Waals surface area contributed by atoms with E-state index in [4.69, 9.17) is 9.15 Å². The van der Waals surface area contributed by atoms with E-state index < -0.39 is 11.7 Å². The maximum Gasteiger partial charge on any atom is 0.336 e. The van der Waals surface area contributed by atoms with Crippen LogP contribution in [0.15, 0.2) is 33.5 Å². The second-order valence-corrected chi connectivity index (χ2v) is 9.19. The minimum absolute atomic E-state index is 0.0640. The van der Waals surface area contributed by atoms with E-state index in [9.17, 15) is 14.7 Å². The number of ether oxygens (including phenoxy) is 1. The van der Waals surface area contributed by atoms with Crippen molar-refractivity contribution < 1.29 is 19.1 Å². The predicted octanol–water partition coefficient (Wildman–Crippen LogP) is 4.06. The molecule has 2 fully saturated rings. The van der Waals surface area contributed by atoms with Gasteiger partial charge in [-0.3, -0.25) is 4.79 Å². The highest BCUT2D eigenvalue weighted by atomic mass is 16.5. The molecule has 0 unspecified atom stereocenters. The van der Waals surface area contributed by atoms with Crippen molar-refractivity contribution in [3.63, 3.8) is 0 Å². The number of carbonyl (C=O) groups is 1. The molecule has 4 rings (SSSR count). The Morgan fingerprint density at radius 1 is 1.32 bits per heavy atom. The molecular formula is C25H33NO5. The Labute approximate surface area is 183 Å². The highest BCUT2D eigenvalue weighted by Crippen LogP contribution is 2.40. The molecule has 1 aromatic heterocycles. The molecule has 2 aromatic rings. The van der Waals surface area contributed by atoms with E-state index in [-0.39, 0.29) is 17.5 Å². The van der Waals surface area contributed by atoms with E-state index in [0.29, 0.717) is 30.8 Å². The minimum atomic E-state index is -0.651. The zero-order chi connectivity index (χ0) is 22.0. The third-order valence-electron chi connectivity index (χ3n) is 7.00. The maximum absolute atomic E-state index is 13.0. The topological polar surface area (TPSA) is 80.0 Å². The van der Waals surface area contributed by atoms with Crippen LogP contribution in [-0.4, -0.2) is 40.7 Å². The normalized spacial score (nSPS) is 24.6. The Morgan fingerprint density at radius 2 is 2.16 bits per heavy atom. The summed E-state index contributed by atoms with van der Waals surface area (Å²) in [5, 5.41) is 11.8. The second-order valence-electron chi connectivity index (χ2n) is 9.19. The lowest BCUT2D eigenvalue weighted by atomic mass is 9.71. The number of amides is 1. The highest BCUT2D eigenvalue weighted by Gasteiger charge is 2.44. The summed E-state index contributed by atoms with van der Waals surface area (Å²) in [6, 6.07) is 7.00. The quantitative estimate of drug-likeness (QED) is 0.704. The molecule has 1 aliphatic heterocycles. The van der Waals surface area contributed by atoms with Crippen LogP contribution in [0, 0.1) is 5.92 Å². The third-order valence-corrected chi connectivity index (χ3v) is 7.00. The van der Waals surface area contributed by atoms with Crippen molar-refractivity contribution in [3.8, 4) is 5.75 Å². The summed E-state index contributed by atoms with van der Waals surface area (Å²) < 4.78 is 11.3. The summed E-state index contributed by atoms with van der Waals surface area (Å²) in [6.45, 7) is 5.03. The average molecular weight is 428 g/mol. The Bertz CT molecular complexity index is 999. The van der Waals surface area contributed by atoms with Gasteiger partial charge >= 0.3 is 5.63 Å². The highest BCUT2D eigenvalue weighted by molar-refractivity contribution is 5.83. The van der Waals surface area contributed by atoms with Crippen LogP contribution >= 0.6 is 0 Å². The van der Waals surface area contributed by atoms with Crippen molar-refractivity contribution in [1.29, 1.82) is 0 Å². The molecule has 0 bridgehead atoms. The third kappa shape index (κ3) is 4.64. The summed E-state index contributed by atoms with van der Waals surface area (Å²) in [5.74, 6) is 0.601. The summed E-state index contributed by atoms with van der Waals surface area (Å²) in [7, 11) is 0. The molecule has 1 amide bonds. The monoisotopic (exact) mass is 427 g/mol. The van der Waals surface area contributed by atoms with Gasteiger partial charge in [0.2, 0.25) is 0 Å². The number of likely N-dealkylation sites (tertiary alicyclic amines) is 1. The van der Waals surface area contributed by atoms with Crippen LogP contribution in [0.2, 0.25) is 0 Å². The van der Waals surface area contributed by atoms with Crippen LogP contribution in [-0.2, 0) is 11.2 Å². The van der Waals surface area contributed by atoms with Gasteiger partial charge in [-0.2, -0.15) is 0 Å². The van der Waals surface area contributed by atoms with E-state index in [2.05, 4.69) is 6.92 Å². The molecule has 0 radical (unpaired) electrons. The lowest BCUT2D eigenvalue weighted by molar-refractivity contribution is -0.149.